The lowest BCUT2D eigenvalue weighted by Crippen LogP contribution is -2.30. The molecule has 0 radical (unpaired) electrons. The number of hydrogen-bond donors (Lipinski definition) is 2. The highest BCUT2D eigenvalue weighted by Crippen LogP contribution is 2.65. The number of allylic oxidation sites excluding steroid dienone is 1. The molecule has 0 bridgehead atoms. The molecular weight excluding hydrogens is 547 g/mol. The molecule has 2 N–H and O–H groups in total. The Morgan fingerprint density at radius 3 is 1.12 bits per heavy atom. The maximum absolute atomic E-state index is 13.6. The Labute approximate surface area is 265 Å². The molecule has 0 aliphatic rings. The standard InChI is InChI=1S/C39H63O3P/c1-9-10-11-12-13-14-15-16-17-18-19-20-21-22-23-32(2)39(43(40,41)42,35-28-24-33(25-29-35)37(3,4)5)36-30-26-34(27-31-36)38(6,7)8/h24-31H,2,9-23H2,1,3-8H3,(H2,40,41,42). The van der Waals surface area contributed by atoms with Crippen LogP contribution in [0.15, 0.2) is 60.7 Å². The maximum Gasteiger partial charge on any atom is 0.344 e. The fourth-order valence-corrected chi connectivity index (χ4v) is 7.75. The van der Waals surface area contributed by atoms with Crippen molar-refractivity contribution in [2.75, 3.05) is 0 Å². The fraction of sp³-hybridized carbons (Fsp3) is 0.641. The van der Waals surface area contributed by atoms with Gasteiger partial charge in [0.25, 0.3) is 0 Å². The second-order valence-corrected chi connectivity index (χ2v) is 16.6. The first kappa shape index (κ1) is 37.5. The Bertz CT molecular complexity index is 1070. The van der Waals surface area contributed by atoms with Gasteiger partial charge in [0.1, 0.15) is 5.16 Å². The Kier molecular flexibility index (Phi) is 15.0. The topological polar surface area (TPSA) is 57.5 Å². The third-order valence-corrected chi connectivity index (χ3v) is 10.8. The molecule has 3 nitrogen and oxygen atoms in total. The highest BCUT2D eigenvalue weighted by atomic mass is 31.2. The summed E-state index contributed by atoms with van der Waals surface area (Å²) in [5.74, 6) is 0. The molecule has 0 atom stereocenters. The van der Waals surface area contributed by atoms with E-state index in [2.05, 4.69) is 55.0 Å². The molecule has 0 unspecified atom stereocenters. The van der Waals surface area contributed by atoms with Crippen LogP contribution in [0, 0.1) is 0 Å². The molecule has 0 fully saturated rings. The van der Waals surface area contributed by atoms with Gasteiger partial charge in [-0.2, -0.15) is 0 Å². The highest BCUT2D eigenvalue weighted by molar-refractivity contribution is 7.53. The van der Waals surface area contributed by atoms with Crippen molar-refractivity contribution in [3.05, 3.63) is 82.9 Å². The van der Waals surface area contributed by atoms with E-state index in [1.54, 1.807) is 0 Å². The van der Waals surface area contributed by atoms with Gasteiger partial charge in [0.15, 0.2) is 0 Å². The third-order valence-electron chi connectivity index (χ3n) is 9.12. The molecule has 2 aromatic rings. The van der Waals surface area contributed by atoms with Crippen LogP contribution in [0.25, 0.3) is 0 Å². The monoisotopic (exact) mass is 610 g/mol. The number of rotatable bonds is 19. The predicted molar refractivity (Wildman–Crippen MR) is 187 cm³/mol. The van der Waals surface area contributed by atoms with Crippen molar-refractivity contribution in [3.8, 4) is 0 Å². The molecule has 2 aromatic carbocycles. The first-order valence-electron chi connectivity index (χ1n) is 17.1. The molecule has 0 aliphatic carbocycles. The summed E-state index contributed by atoms with van der Waals surface area (Å²) in [6.45, 7) is 19.6. The average molecular weight is 611 g/mol. The Morgan fingerprint density at radius 2 is 0.837 bits per heavy atom. The van der Waals surface area contributed by atoms with Gasteiger partial charge in [-0.1, -0.05) is 193 Å². The number of benzene rings is 2. The van der Waals surface area contributed by atoms with Crippen molar-refractivity contribution in [1.82, 2.24) is 0 Å². The van der Waals surface area contributed by atoms with Crippen LogP contribution >= 0.6 is 7.60 Å². The second kappa shape index (κ2) is 17.1. The molecular formula is C39H63O3P. The van der Waals surface area contributed by atoms with Crippen LogP contribution in [-0.4, -0.2) is 9.79 Å². The van der Waals surface area contributed by atoms with Gasteiger partial charge < -0.3 is 9.79 Å². The lowest BCUT2D eigenvalue weighted by Gasteiger charge is -2.38. The zero-order valence-corrected chi connectivity index (χ0v) is 29.6. The van der Waals surface area contributed by atoms with Gasteiger partial charge in [0, 0.05) is 0 Å². The van der Waals surface area contributed by atoms with Gasteiger partial charge in [-0.05, 0) is 45.9 Å². The third kappa shape index (κ3) is 11.0. The molecule has 0 aromatic heterocycles. The van der Waals surface area contributed by atoms with Gasteiger partial charge in [0.2, 0.25) is 0 Å². The summed E-state index contributed by atoms with van der Waals surface area (Å²) in [6, 6.07) is 15.7. The minimum atomic E-state index is -4.71. The first-order chi connectivity index (χ1) is 20.2. The fourth-order valence-electron chi connectivity index (χ4n) is 6.25. The summed E-state index contributed by atoms with van der Waals surface area (Å²) in [6.07, 6.45) is 18.5. The van der Waals surface area contributed by atoms with E-state index in [9.17, 15) is 14.4 Å². The van der Waals surface area contributed by atoms with Gasteiger partial charge in [-0.25, -0.2) is 0 Å². The van der Waals surface area contributed by atoms with E-state index in [0.29, 0.717) is 23.1 Å². The van der Waals surface area contributed by atoms with Gasteiger partial charge in [-0.15, -0.1) is 0 Å². The van der Waals surface area contributed by atoms with E-state index in [1.165, 1.54) is 70.6 Å². The molecule has 0 amide bonds. The van der Waals surface area contributed by atoms with Crippen molar-refractivity contribution in [2.45, 2.75) is 161 Å². The van der Waals surface area contributed by atoms with Crippen molar-refractivity contribution in [1.29, 1.82) is 0 Å². The molecule has 0 saturated carbocycles. The lowest BCUT2D eigenvalue weighted by atomic mass is 9.79. The zero-order chi connectivity index (χ0) is 32.2. The van der Waals surface area contributed by atoms with E-state index in [4.69, 9.17) is 0 Å². The lowest BCUT2D eigenvalue weighted by molar-refractivity contribution is 0.346. The molecule has 242 valence electrons. The number of unbranched alkanes of at least 4 members (excludes halogenated alkanes) is 13. The van der Waals surface area contributed by atoms with E-state index >= 15 is 0 Å². The summed E-state index contributed by atoms with van der Waals surface area (Å²) in [4.78, 5) is 22.3. The molecule has 4 heteroatoms. The first-order valence-corrected chi connectivity index (χ1v) is 18.7. The van der Waals surface area contributed by atoms with Crippen LogP contribution < -0.4 is 0 Å². The van der Waals surface area contributed by atoms with E-state index < -0.39 is 12.8 Å². The maximum atomic E-state index is 13.6. The molecule has 2 rings (SSSR count). The van der Waals surface area contributed by atoms with Crippen LogP contribution in [0.1, 0.15) is 167 Å². The SMILES string of the molecule is C=C(CCCCCCCCCCCCCCCC)C(c1ccc(C(C)(C)C)cc1)(c1ccc(C(C)(C)C)cc1)P(=O)(O)O. The molecule has 0 spiro atoms. The summed E-state index contributed by atoms with van der Waals surface area (Å²) >= 11 is 0. The Morgan fingerprint density at radius 1 is 0.558 bits per heavy atom. The zero-order valence-electron chi connectivity index (χ0n) is 28.7. The summed E-state index contributed by atoms with van der Waals surface area (Å²) in [5, 5.41) is -1.57. The van der Waals surface area contributed by atoms with Crippen molar-refractivity contribution < 1.29 is 14.4 Å². The van der Waals surface area contributed by atoms with Crippen molar-refractivity contribution in [2.24, 2.45) is 0 Å². The molecule has 0 saturated heterocycles. The smallest absolute Gasteiger partial charge is 0.323 e. The minimum Gasteiger partial charge on any atom is -0.323 e. The van der Waals surface area contributed by atoms with Crippen LogP contribution in [0.5, 0.6) is 0 Å². The largest absolute Gasteiger partial charge is 0.344 e. The molecule has 0 aliphatic heterocycles. The van der Waals surface area contributed by atoms with Gasteiger partial charge in [0.05, 0.1) is 0 Å². The van der Waals surface area contributed by atoms with E-state index in [0.717, 1.165) is 30.4 Å². The predicted octanol–water partition coefficient (Wildman–Crippen LogP) is 12.1. The van der Waals surface area contributed by atoms with Crippen LogP contribution in [0.2, 0.25) is 0 Å². The van der Waals surface area contributed by atoms with Crippen LogP contribution in [-0.2, 0) is 20.6 Å². The Balaban J connectivity index is 2.10. The van der Waals surface area contributed by atoms with E-state index in [-0.39, 0.29) is 10.8 Å². The van der Waals surface area contributed by atoms with Gasteiger partial charge in [-0.3, -0.25) is 4.57 Å². The second-order valence-electron chi connectivity index (χ2n) is 14.9. The number of hydrogen-bond acceptors (Lipinski definition) is 1. The average Bonchev–Trinajstić information content (AvgIpc) is 2.92. The van der Waals surface area contributed by atoms with E-state index in [1.807, 2.05) is 48.5 Å². The summed E-state index contributed by atoms with van der Waals surface area (Å²) in [7, 11) is -4.71. The van der Waals surface area contributed by atoms with Crippen LogP contribution in [0.4, 0.5) is 0 Å². The quantitative estimate of drug-likeness (QED) is 0.0945. The summed E-state index contributed by atoms with van der Waals surface area (Å²) in [5.41, 5.74) is 4.01. The minimum absolute atomic E-state index is 0.0527. The highest BCUT2D eigenvalue weighted by Gasteiger charge is 2.51. The normalized spacial score (nSPS) is 13.0. The molecule has 43 heavy (non-hydrogen) atoms. The Hall–Kier alpha value is -1.67. The van der Waals surface area contributed by atoms with Crippen molar-refractivity contribution in [3.63, 3.8) is 0 Å². The van der Waals surface area contributed by atoms with Crippen LogP contribution in [0.3, 0.4) is 0 Å². The van der Waals surface area contributed by atoms with Crippen molar-refractivity contribution >= 4 is 7.60 Å². The summed E-state index contributed by atoms with van der Waals surface area (Å²) < 4.78 is 13.6. The molecule has 0 heterocycles. The van der Waals surface area contributed by atoms with Gasteiger partial charge >= 0.3 is 7.60 Å².